The Morgan fingerprint density at radius 1 is 0.911 bits per heavy atom. The Balaban J connectivity index is 1.41. The first-order valence-corrected chi connectivity index (χ1v) is 15.8. The van der Waals surface area contributed by atoms with Crippen LogP contribution in [0.2, 0.25) is 0 Å². The highest BCUT2D eigenvalue weighted by Crippen LogP contribution is 2.39. The number of aliphatic hydroxyl groups excluding tert-OH is 1. The van der Waals surface area contributed by atoms with Crippen molar-refractivity contribution in [1.82, 2.24) is 10.2 Å². The highest BCUT2D eigenvalue weighted by Gasteiger charge is 2.32. The van der Waals surface area contributed by atoms with Gasteiger partial charge < -0.3 is 29.9 Å². The van der Waals surface area contributed by atoms with Crippen molar-refractivity contribution in [2.24, 2.45) is 0 Å². The Labute approximate surface area is 266 Å². The number of carboxylic acids is 1. The van der Waals surface area contributed by atoms with Crippen molar-refractivity contribution < 1.29 is 29.3 Å². The number of hydrogen-bond acceptors (Lipinski definition) is 6. The summed E-state index contributed by atoms with van der Waals surface area (Å²) >= 11 is 0. The normalized spacial score (nSPS) is 18.1. The van der Waals surface area contributed by atoms with E-state index < -0.39 is 12.3 Å². The maximum Gasteiger partial charge on any atom is 0.303 e. The third kappa shape index (κ3) is 10.9. The molecule has 0 bridgehead atoms. The van der Waals surface area contributed by atoms with Crippen LogP contribution in [0.4, 0.5) is 0 Å². The minimum absolute atomic E-state index is 0.000996. The molecule has 1 saturated heterocycles. The van der Waals surface area contributed by atoms with E-state index in [9.17, 15) is 14.7 Å². The minimum atomic E-state index is -0.774. The van der Waals surface area contributed by atoms with Crippen LogP contribution >= 0.6 is 0 Å². The summed E-state index contributed by atoms with van der Waals surface area (Å²) in [6.45, 7) is 5.82. The molecule has 3 atom stereocenters. The summed E-state index contributed by atoms with van der Waals surface area (Å²) in [5.74, 6) is -0.773. The lowest BCUT2D eigenvalue weighted by atomic mass is 9.98. The van der Waals surface area contributed by atoms with Gasteiger partial charge in [-0.05, 0) is 59.8 Å². The lowest BCUT2D eigenvalue weighted by Crippen LogP contribution is -2.37. The molecule has 0 aliphatic carbocycles. The van der Waals surface area contributed by atoms with Gasteiger partial charge in [-0.15, -0.1) is 6.58 Å². The van der Waals surface area contributed by atoms with Crippen LogP contribution in [-0.4, -0.2) is 53.2 Å². The van der Waals surface area contributed by atoms with E-state index in [1.54, 1.807) is 0 Å². The van der Waals surface area contributed by atoms with Crippen LogP contribution < -0.4 is 5.32 Å². The van der Waals surface area contributed by atoms with E-state index in [0.29, 0.717) is 25.8 Å². The zero-order chi connectivity index (χ0) is 32.0. The number of aliphatic hydroxyl groups is 1. The molecule has 8 nitrogen and oxygen atoms in total. The lowest BCUT2D eigenvalue weighted by Gasteiger charge is -2.37. The summed E-state index contributed by atoms with van der Waals surface area (Å²) in [7, 11) is 2.06. The van der Waals surface area contributed by atoms with Gasteiger partial charge in [-0.2, -0.15) is 0 Å². The molecule has 0 saturated carbocycles. The summed E-state index contributed by atoms with van der Waals surface area (Å²) < 4.78 is 13.1. The average molecular weight is 615 g/mol. The second kappa shape index (κ2) is 17.6. The van der Waals surface area contributed by atoms with E-state index >= 15 is 0 Å². The molecule has 0 aromatic heterocycles. The standard InChI is InChI=1S/C37H46N2O6/c1-3-20-39(2)25-33-23-34(29-18-16-27(26-40)17-19-29)45-37(44-33)32-13-9-12-31(22-32)30-11-8-10-28(21-30)24-38-35(41)14-6-4-5-7-15-36(42)43/h3,8-13,16-19,21-22,33-34,37,40H,1,4-7,14-15,20,23-26H2,2H3,(H,38,41)(H,42,43)/t33-,34+,37+/m1/s1. The number of carbonyl (C=O) groups excluding carboxylic acids is 1. The van der Waals surface area contributed by atoms with Crippen molar-refractivity contribution in [1.29, 1.82) is 0 Å². The van der Waals surface area contributed by atoms with Crippen molar-refractivity contribution in [3.05, 3.63) is 108 Å². The summed E-state index contributed by atoms with van der Waals surface area (Å²) in [6.07, 6.45) is 5.56. The molecule has 3 aromatic rings. The maximum absolute atomic E-state index is 12.4. The number of carbonyl (C=O) groups is 2. The van der Waals surface area contributed by atoms with E-state index in [4.69, 9.17) is 14.6 Å². The molecule has 0 unspecified atom stereocenters. The van der Waals surface area contributed by atoms with Gasteiger partial charge in [-0.3, -0.25) is 9.59 Å². The molecular weight excluding hydrogens is 568 g/mol. The predicted molar refractivity (Wildman–Crippen MR) is 175 cm³/mol. The van der Waals surface area contributed by atoms with Gasteiger partial charge in [0.2, 0.25) is 5.91 Å². The number of rotatable bonds is 17. The Bertz CT molecular complexity index is 1390. The van der Waals surface area contributed by atoms with E-state index in [2.05, 4.69) is 48.1 Å². The fourth-order valence-electron chi connectivity index (χ4n) is 5.61. The molecule has 45 heavy (non-hydrogen) atoms. The van der Waals surface area contributed by atoms with Crippen molar-refractivity contribution >= 4 is 11.9 Å². The SMILES string of the molecule is C=CCN(C)C[C@H]1C[C@@H](c2ccc(CO)cc2)O[C@@H](c2cccc(-c3cccc(CNC(=O)CCCCCCC(=O)O)c3)c2)O1. The molecule has 0 spiro atoms. The molecule has 1 fully saturated rings. The minimum Gasteiger partial charge on any atom is -0.481 e. The number of benzene rings is 3. The first-order valence-electron chi connectivity index (χ1n) is 15.8. The summed E-state index contributed by atoms with van der Waals surface area (Å²) in [4.78, 5) is 25.2. The molecule has 4 rings (SSSR count). The molecule has 3 aromatic carbocycles. The molecule has 1 aliphatic rings. The number of ether oxygens (including phenoxy) is 2. The van der Waals surface area contributed by atoms with E-state index in [-0.39, 0.29) is 31.1 Å². The van der Waals surface area contributed by atoms with Gasteiger partial charge in [0, 0.05) is 44.5 Å². The smallest absolute Gasteiger partial charge is 0.303 e. The Morgan fingerprint density at radius 3 is 2.33 bits per heavy atom. The average Bonchev–Trinajstić information content (AvgIpc) is 3.05. The zero-order valence-corrected chi connectivity index (χ0v) is 26.2. The number of carboxylic acid groups (broad SMARTS) is 1. The van der Waals surface area contributed by atoms with Crippen LogP contribution in [0.25, 0.3) is 11.1 Å². The maximum atomic E-state index is 12.4. The topological polar surface area (TPSA) is 108 Å². The molecule has 1 aliphatic heterocycles. The van der Waals surface area contributed by atoms with Crippen LogP contribution in [0.3, 0.4) is 0 Å². The predicted octanol–water partition coefficient (Wildman–Crippen LogP) is 6.55. The number of likely N-dealkylation sites (N-methyl/N-ethyl adjacent to an activating group) is 1. The molecule has 3 N–H and O–H groups in total. The fraction of sp³-hybridized carbons (Fsp3) is 0.405. The van der Waals surface area contributed by atoms with Crippen molar-refractivity contribution in [3.8, 4) is 11.1 Å². The number of amides is 1. The quantitative estimate of drug-likeness (QED) is 0.117. The van der Waals surface area contributed by atoms with Gasteiger partial charge in [-0.1, -0.05) is 79.6 Å². The first kappa shape index (κ1) is 34.1. The highest BCUT2D eigenvalue weighted by molar-refractivity contribution is 5.76. The number of nitrogens with one attached hydrogen (secondary N) is 1. The molecule has 1 amide bonds. The monoisotopic (exact) mass is 614 g/mol. The Hall–Kier alpha value is -3.82. The molecule has 240 valence electrons. The molecular formula is C37H46N2O6. The van der Waals surface area contributed by atoms with Crippen molar-refractivity contribution in [3.63, 3.8) is 0 Å². The molecule has 8 heteroatoms. The van der Waals surface area contributed by atoms with Gasteiger partial charge in [0.1, 0.15) is 0 Å². The van der Waals surface area contributed by atoms with E-state index in [1.807, 2.05) is 54.6 Å². The lowest BCUT2D eigenvalue weighted by molar-refractivity contribution is -0.252. The van der Waals surface area contributed by atoms with Crippen molar-refractivity contribution in [2.75, 3.05) is 20.1 Å². The van der Waals surface area contributed by atoms with E-state index in [0.717, 1.165) is 65.7 Å². The van der Waals surface area contributed by atoms with Gasteiger partial charge in [0.15, 0.2) is 6.29 Å². The number of aliphatic carboxylic acids is 1. The van der Waals surface area contributed by atoms with Gasteiger partial charge in [0.05, 0.1) is 18.8 Å². The number of unbranched alkanes of at least 4 members (excludes halogenated alkanes) is 3. The first-order chi connectivity index (χ1) is 21.8. The Kier molecular flexibility index (Phi) is 13.3. The number of nitrogens with zero attached hydrogens (tertiary/aromatic N) is 1. The van der Waals surface area contributed by atoms with Crippen LogP contribution in [0.1, 0.15) is 79.6 Å². The fourth-order valence-corrected chi connectivity index (χ4v) is 5.61. The molecule has 0 radical (unpaired) electrons. The third-order valence-corrected chi connectivity index (χ3v) is 8.02. The van der Waals surface area contributed by atoms with Crippen LogP contribution in [0.15, 0.2) is 85.5 Å². The van der Waals surface area contributed by atoms with Gasteiger partial charge in [-0.25, -0.2) is 0 Å². The number of hydrogen-bond donors (Lipinski definition) is 3. The Morgan fingerprint density at radius 2 is 1.62 bits per heavy atom. The van der Waals surface area contributed by atoms with Gasteiger partial charge >= 0.3 is 5.97 Å². The van der Waals surface area contributed by atoms with Crippen LogP contribution in [-0.2, 0) is 32.2 Å². The highest BCUT2D eigenvalue weighted by atomic mass is 16.7. The largest absolute Gasteiger partial charge is 0.481 e. The summed E-state index contributed by atoms with van der Waals surface area (Å²) in [6, 6.07) is 24.3. The summed E-state index contributed by atoms with van der Waals surface area (Å²) in [5.41, 5.74) is 5.93. The molecule has 1 heterocycles. The second-order valence-electron chi connectivity index (χ2n) is 11.8. The van der Waals surface area contributed by atoms with Crippen LogP contribution in [0, 0.1) is 0 Å². The third-order valence-electron chi connectivity index (χ3n) is 8.02. The van der Waals surface area contributed by atoms with Crippen LogP contribution in [0.5, 0.6) is 0 Å². The van der Waals surface area contributed by atoms with Gasteiger partial charge in [0.25, 0.3) is 0 Å². The van der Waals surface area contributed by atoms with Crippen molar-refractivity contribution in [2.45, 2.75) is 76.6 Å². The summed E-state index contributed by atoms with van der Waals surface area (Å²) in [5, 5.41) is 21.2. The zero-order valence-electron chi connectivity index (χ0n) is 26.2. The van der Waals surface area contributed by atoms with E-state index in [1.165, 1.54) is 0 Å². The second-order valence-corrected chi connectivity index (χ2v) is 11.8.